The number of hydrogen-bond acceptors (Lipinski definition) is 3. The highest BCUT2D eigenvalue weighted by Gasteiger charge is 2.00. The molecule has 1 heterocycles. The Morgan fingerprint density at radius 1 is 1.19 bits per heavy atom. The highest BCUT2D eigenvalue weighted by atomic mass is 19.1. The van der Waals surface area contributed by atoms with Gasteiger partial charge in [0, 0.05) is 18.3 Å². The first-order chi connectivity index (χ1) is 7.78. The van der Waals surface area contributed by atoms with Gasteiger partial charge in [-0.05, 0) is 18.2 Å². The van der Waals surface area contributed by atoms with E-state index in [0.29, 0.717) is 17.2 Å². The maximum Gasteiger partial charge on any atom is 0.130 e. The summed E-state index contributed by atoms with van der Waals surface area (Å²) in [5.74, 6) is 0.577. The summed E-state index contributed by atoms with van der Waals surface area (Å²) in [6, 6.07) is 9.10. The molecule has 0 bridgehead atoms. The maximum atomic E-state index is 12.9. The molecule has 0 amide bonds. The Morgan fingerprint density at radius 3 is 2.75 bits per heavy atom. The number of rotatable bonds is 3. The number of aliphatic hydroxyl groups excluding tert-OH is 1. The zero-order valence-corrected chi connectivity index (χ0v) is 8.43. The minimum absolute atomic E-state index is 0.152. The van der Waals surface area contributed by atoms with Gasteiger partial charge in [0.2, 0.25) is 0 Å². The highest BCUT2D eigenvalue weighted by molar-refractivity contribution is 5.31. The molecule has 0 aliphatic rings. The van der Waals surface area contributed by atoms with Crippen LogP contribution >= 0.6 is 0 Å². The predicted molar refractivity (Wildman–Crippen MR) is 56.6 cm³/mol. The number of pyridine rings is 1. The number of aliphatic hydroxyl groups is 1. The molecule has 0 atom stereocenters. The van der Waals surface area contributed by atoms with Gasteiger partial charge in [-0.25, -0.2) is 4.39 Å². The van der Waals surface area contributed by atoms with Crippen LogP contribution < -0.4 is 4.74 Å². The van der Waals surface area contributed by atoms with Crippen molar-refractivity contribution in [3.8, 4) is 11.5 Å². The molecular weight excluding hydrogens is 209 g/mol. The second kappa shape index (κ2) is 4.72. The van der Waals surface area contributed by atoms with Crippen LogP contribution in [0.2, 0.25) is 0 Å². The third kappa shape index (κ3) is 2.55. The largest absolute Gasteiger partial charge is 0.457 e. The van der Waals surface area contributed by atoms with E-state index in [2.05, 4.69) is 4.98 Å². The molecule has 0 fully saturated rings. The molecule has 3 nitrogen and oxygen atoms in total. The third-order valence-electron chi connectivity index (χ3n) is 1.98. The lowest BCUT2D eigenvalue weighted by Crippen LogP contribution is -1.90. The van der Waals surface area contributed by atoms with E-state index in [9.17, 15) is 4.39 Å². The fourth-order valence-electron chi connectivity index (χ4n) is 1.27. The van der Waals surface area contributed by atoms with Gasteiger partial charge >= 0.3 is 0 Å². The van der Waals surface area contributed by atoms with Gasteiger partial charge in [-0.1, -0.05) is 6.07 Å². The maximum absolute atomic E-state index is 12.9. The van der Waals surface area contributed by atoms with Gasteiger partial charge in [-0.15, -0.1) is 0 Å². The molecule has 0 aliphatic carbocycles. The Hall–Kier alpha value is -1.94. The highest BCUT2D eigenvalue weighted by Crippen LogP contribution is 2.21. The van der Waals surface area contributed by atoms with E-state index in [0.717, 1.165) is 0 Å². The van der Waals surface area contributed by atoms with E-state index in [-0.39, 0.29) is 12.4 Å². The first-order valence-electron chi connectivity index (χ1n) is 4.77. The van der Waals surface area contributed by atoms with Gasteiger partial charge in [-0.3, -0.25) is 4.98 Å². The van der Waals surface area contributed by atoms with Gasteiger partial charge in [0.25, 0.3) is 0 Å². The third-order valence-corrected chi connectivity index (χ3v) is 1.98. The van der Waals surface area contributed by atoms with Crippen LogP contribution in [0.1, 0.15) is 5.69 Å². The minimum Gasteiger partial charge on any atom is -0.457 e. The second-order valence-electron chi connectivity index (χ2n) is 3.20. The van der Waals surface area contributed by atoms with Crippen LogP contribution in [0.25, 0.3) is 0 Å². The molecule has 1 aromatic carbocycles. The Balaban J connectivity index is 2.20. The van der Waals surface area contributed by atoms with Crippen molar-refractivity contribution in [2.45, 2.75) is 6.61 Å². The zero-order valence-electron chi connectivity index (χ0n) is 8.43. The fourth-order valence-corrected chi connectivity index (χ4v) is 1.27. The van der Waals surface area contributed by atoms with Crippen LogP contribution in [0, 0.1) is 5.82 Å². The lowest BCUT2D eigenvalue weighted by Gasteiger charge is -2.06. The van der Waals surface area contributed by atoms with Crippen molar-refractivity contribution in [3.63, 3.8) is 0 Å². The van der Waals surface area contributed by atoms with Crippen molar-refractivity contribution in [3.05, 3.63) is 54.1 Å². The predicted octanol–water partition coefficient (Wildman–Crippen LogP) is 2.51. The zero-order chi connectivity index (χ0) is 11.4. The summed E-state index contributed by atoms with van der Waals surface area (Å²) >= 11 is 0. The Morgan fingerprint density at radius 2 is 2.00 bits per heavy atom. The Labute approximate surface area is 92.1 Å². The lowest BCUT2D eigenvalue weighted by molar-refractivity contribution is 0.276. The van der Waals surface area contributed by atoms with Crippen LogP contribution in [0.4, 0.5) is 4.39 Å². The summed E-state index contributed by atoms with van der Waals surface area (Å²) in [6.45, 7) is -0.152. The van der Waals surface area contributed by atoms with Crippen molar-refractivity contribution in [2.75, 3.05) is 0 Å². The van der Waals surface area contributed by atoms with Crippen molar-refractivity contribution < 1.29 is 14.2 Å². The van der Waals surface area contributed by atoms with Crippen LogP contribution in [0.5, 0.6) is 11.5 Å². The number of hydrogen-bond donors (Lipinski definition) is 1. The standard InChI is InChI=1S/C12H10FNO2/c13-9-2-1-3-11(6-9)16-12-4-5-14-10(7-12)8-15/h1-7,15H,8H2. The molecule has 0 saturated carbocycles. The number of aromatic nitrogens is 1. The van der Waals surface area contributed by atoms with E-state index >= 15 is 0 Å². The summed E-state index contributed by atoms with van der Waals surface area (Å²) in [5, 5.41) is 8.89. The average molecular weight is 219 g/mol. The van der Waals surface area contributed by atoms with Crippen LogP contribution in [-0.4, -0.2) is 10.1 Å². The molecule has 0 radical (unpaired) electrons. The second-order valence-corrected chi connectivity index (χ2v) is 3.20. The molecule has 0 spiro atoms. The SMILES string of the molecule is OCc1cc(Oc2cccc(F)c2)ccn1. The molecular formula is C12H10FNO2. The van der Waals surface area contributed by atoms with E-state index in [1.54, 1.807) is 24.3 Å². The van der Waals surface area contributed by atoms with E-state index in [4.69, 9.17) is 9.84 Å². The summed E-state index contributed by atoms with van der Waals surface area (Å²) in [7, 11) is 0. The van der Waals surface area contributed by atoms with E-state index in [1.807, 2.05) is 0 Å². The van der Waals surface area contributed by atoms with Crippen molar-refractivity contribution in [1.29, 1.82) is 0 Å². The van der Waals surface area contributed by atoms with Crippen molar-refractivity contribution in [2.24, 2.45) is 0 Å². The molecule has 82 valence electrons. The number of ether oxygens (including phenoxy) is 1. The van der Waals surface area contributed by atoms with Crippen molar-refractivity contribution >= 4 is 0 Å². The molecule has 0 unspecified atom stereocenters. The van der Waals surface area contributed by atoms with Crippen LogP contribution in [0.3, 0.4) is 0 Å². The minimum atomic E-state index is -0.353. The molecule has 4 heteroatoms. The molecule has 1 N–H and O–H groups in total. The smallest absolute Gasteiger partial charge is 0.130 e. The molecule has 0 aliphatic heterocycles. The van der Waals surface area contributed by atoms with Gasteiger partial charge in [0.15, 0.2) is 0 Å². The quantitative estimate of drug-likeness (QED) is 0.862. The van der Waals surface area contributed by atoms with E-state index in [1.165, 1.54) is 18.3 Å². The Kier molecular flexibility index (Phi) is 3.12. The molecule has 1 aromatic heterocycles. The van der Waals surface area contributed by atoms with Gasteiger partial charge < -0.3 is 9.84 Å². The normalized spacial score (nSPS) is 10.1. The summed E-state index contributed by atoms with van der Waals surface area (Å²) < 4.78 is 18.3. The number of halogens is 1. The van der Waals surface area contributed by atoms with Crippen LogP contribution in [0.15, 0.2) is 42.6 Å². The summed E-state index contributed by atoms with van der Waals surface area (Å²) in [6.07, 6.45) is 1.53. The molecule has 2 rings (SSSR count). The van der Waals surface area contributed by atoms with E-state index < -0.39 is 0 Å². The number of benzene rings is 1. The monoisotopic (exact) mass is 219 g/mol. The average Bonchev–Trinajstić information content (AvgIpc) is 2.29. The lowest BCUT2D eigenvalue weighted by atomic mass is 10.3. The summed E-state index contributed by atoms with van der Waals surface area (Å²) in [5.41, 5.74) is 0.508. The van der Waals surface area contributed by atoms with Gasteiger partial charge in [0.1, 0.15) is 17.3 Å². The molecule has 2 aromatic rings. The fraction of sp³-hybridized carbons (Fsp3) is 0.0833. The number of nitrogens with zero attached hydrogens (tertiary/aromatic N) is 1. The van der Waals surface area contributed by atoms with Gasteiger partial charge in [0.05, 0.1) is 12.3 Å². The first-order valence-corrected chi connectivity index (χ1v) is 4.77. The van der Waals surface area contributed by atoms with Gasteiger partial charge in [-0.2, -0.15) is 0 Å². The van der Waals surface area contributed by atoms with Crippen molar-refractivity contribution in [1.82, 2.24) is 4.98 Å². The molecule has 0 saturated heterocycles. The summed E-state index contributed by atoms with van der Waals surface area (Å²) in [4.78, 5) is 3.91. The topological polar surface area (TPSA) is 42.4 Å². The first kappa shape index (κ1) is 10.6. The van der Waals surface area contributed by atoms with Crippen LogP contribution in [-0.2, 0) is 6.61 Å². The molecule has 16 heavy (non-hydrogen) atoms. The Bertz CT molecular complexity index is 488.